The van der Waals surface area contributed by atoms with Gasteiger partial charge in [-0.25, -0.2) is 39.9 Å². The van der Waals surface area contributed by atoms with Crippen molar-refractivity contribution in [1.29, 1.82) is 0 Å². The number of rotatable bonds is 36. The van der Waals surface area contributed by atoms with Crippen molar-refractivity contribution in [3.05, 3.63) is 257 Å². The summed E-state index contributed by atoms with van der Waals surface area (Å²) in [4.78, 5) is 54.8. The van der Waals surface area contributed by atoms with Gasteiger partial charge in [0.2, 0.25) is 23.8 Å². The monoisotopic (exact) mass is 1970 g/mol. The first kappa shape index (κ1) is 104. The van der Waals surface area contributed by atoms with E-state index in [4.69, 9.17) is 66.3 Å². The second-order valence-electron chi connectivity index (χ2n) is 38.1. The molecule has 0 saturated heterocycles. The molecular weight excluding hydrogens is 1850 g/mol. The number of anilines is 12. The molecule has 0 atom stereocenters. The highest BCUT2D eigenvalue weighted by atomic mass is 35.5. The Bertz CT molecular complexity index is 6200. The molecule has 32 nitrogen and oxygen atoms in total. The fraction of sp³-hybridized carbons (Fsp3) is 0.385. The van der Waals surface area contributed by atoms with Crippen molar-refractivity contribution in [2.24, 2.45) is 0 Å². The van der Waals surface area contributed by atoms with Crippen LogP contribution < -0.4 is 42.5 Å². The molecule has 0 aliphatic rings. The summed E-state index contributed by atoms with van der Waals surface area (Å²) in [5.41, 5.74) is 22.4. The van der Waals surface area contributed by atoms with Crippen LogP contribution >= 0.6 is 46.4 Å². The largest absolute Gasteiger partial charge is 0.389 e. The Kier molecular flexibility index (Phi) is 34.3. The molecule has 140 heavy (non-hydrogen) atoms. The minimum absolute atomic E-state index is 0.411. The third-order valence-electron chi connectivity index (χ3n) is 22.8. The minimum Gasteiger partial charge on any atom is -0.389 e. The van der Waals surface area contributed by atoms with Crippen molar-refractivity contribution in [2.75, 3.05) is 68.7 Å². The number of hydrogen-bond donors (Lipinski definition) is 12. The first-order valence-corrected chi connectivity index (χ1v) is 48.5. The molecule has 0 fully saturated rings. The highest BCUT2D eigenvalue weighted by Crippen LogP contribution is 2.34. The lowest BCUT2D eigenvalue weighted by Crippen LogP contribution is -2.27. The summed E-state index contributed by atoms with van der Waals surface area (Å²) in [6.45, 7) is 42.6. The van der Waals surface area contributed by atoms with Gasteiger partial charge < -0.3 is 63.0 Å². The number of benzene rings is 4. The van der Waals surface area contributed by atoms with Crippen LogP contribution in [0.5, 0.6) is 0 Å². The predicted molar refractivity (Wildman–Crippen MR) is 566 cm³/mol. The molecule has 16 rings (SSSR count). The summed E-state index contributed by atoms with van der Waals surface area (Å²) in [7, 11) is 0. The number of nitrogens with one attached hydrogen (secondary N) is 8. The zero-order chi connectivity index (χ0) is 101. The topological polar surface area (TPSA) is 403 Å². The molecule has 0 aliphatic heterocycles. The van der Waals surface area contributed by atoms with Crippen LogP contribution in [0.25, 0.3) is 43.6 Å². The van der Waals surface area contributed by atoms with Crippen LogP contribution in [0.3, 0.4) is 0 Å². The maximum absolute atomic E-state index is 10.2. The summed E-state index contributed by atoms with van der Waals surface area (Å²) in [5.74, 6) is 2.22. The van der Waals surface area contributed by atoms with E-state index >= 15 is 0 Å². The number of aromatic nitrogens is 20. The van der Waals surface area contributed by atoms with Gasteiger partial charge in [-0.1, -0.05) is 46.4 Å². The molecule has 12 heterocycles. The molecule has 16 aromatic rings. The fourth-order valence-electron chi connectivity index (χ4n) is 16.4. The van der Waals surface area contributed by atoms with Gasteiger partial charge in [0.15, 0.2) is 0 Å². The van der Waals surface area contributed by atoms with E-state index in [1.54, 1.807) is 80.2 Å². The van der Waals surface area contributed by atoms with Crippen LogP contribution in [-0.4, -0.2) is 168 Å². The number of pyridine rings is 4. The Hall–Kier alpha value is -12.9. The molecule has 36 heteroatoms. The third-order valence-corrected chi connectivity index (χ3v) is 23.7. The van der Waals surface area contributed by atoms with E-state index in [2.05, 4.69) is 103 Å². The summed E-state index contributed by atoms with van der Waals surface area (Å²) < 4.78 is 7.27. The van der Waals surface area contributed by atoms with Gasteiger partial charge in [0, 0.05) is 161 Å². The van der Waals surface area contributed by atoms with Crippen molar-refractivity contribution in [3.8, 4) is 0 Å². The number of fused-ring (bicyclic) bond motifs is 4. The average molecular weight is 1980 g/mol. The van der Waals surface area contributed by atoms with Crippen LogP contribution in [0.4, 0.5) is 69.3 Å². The van der Waals surface area contributed by atoms with Gasteiger partial charge in [-0.05, 0) is 311 Å². The number of aryl methyl sites for hydroxylation is 12. The van der Waals surface area contributed by atoms with Crippen molar-refractivity contribution in [2.45, 2.75) is 238 Å². The molecule has 0 radical (unpaired) electrons. The Balaban J connectivity index is 0.000000157. The van der Waals surface area contributed by atoms with E-state index in [1.165, 1.54) is 0 Å². The van der Waals surface area contributed by atoms with Crippen LogP contribution in [0.15, 0.2) is 146 Å². The lowest BCUT2D eigenvalue weighted by atomic mass is 10.1. The standard InChI is InChI=1S/4C26H32ClN7O/c4*1-16-13-20(7-6-11-28-22-10-12-29-23-14-19(27)8-9-21(22)23)31-25(30-16)32-24-17(2)33-34(18(24)3)15-26(4,5)35/h4*8-10,12-14,35H,6-7,11,15H2,1-5H3,(H,28,29)(H,30,31,32). The number of halogens is 4. The second-order valence-corrected chi connectivity index (χ2v) is 39.8. The maximum Gasteiger partial charge on any atom is 0.227 e. The van der Waals surface area contributed by atoms with Crippen molar-refractivity contribution in [3.63, 3.8) is 0 Å². The van der Waals surface area contributed by atoms with Crippen molar-refractivity contribution >= 4 is 159 Å². The van der Waals surface area contributed by atoms with E-state index in [9.17, 15) is 20.4 Å². The van der Waals surface area contributed by atoms with Gasteiger partial charge in [-0.2, -0.15) is 20.4 Å². The Morgan fingerprint density at radius 1 is 0.271 bits per heavy atom. The van der Waals surface area contributed by atoms with Crippen LogP contribution in [0.2, 0.25) is 20.1 Å². The van der Waals surface area contributed by atoms with Gasteiger partial charge in [0.05, 0.1) is 139 Å². The Labute approximate surface area is 837 Å². The van der Waals surface area contributed by atoms with E-state index in [0.29, 0.717) is 70.1 Å². The fourth-order valence-corrected chi connectivity index (χ4v) is 17.0. The second kappa shape index (κ2) is 46.0. The highest BCUT2D eigenvalue weighted by molar-refractivity contribution is 6.32. The van der Waals surface area contributed by atoms with Crippen LogP contribution in [-0.2, 0) is 51.9 Å². The van der Waals surface area contributed by atoms with E-state index < -0.39 is 22.4 Å². The molecule has 0 amide bonds. The molecule has 12 aromatic heterocycles. The SMILES string of the molecule is Cc1cc(CCCNc2ccnc3cc(Cl)ccc23)nc(Nc2c(C)nn(CC(C)(C)O)c2C)n1.Cc1cc(CCCNc2ccnc3cc(Cl)ccc23)nc(Nc2c(C)nn(CC(C)(C)O)c2C)n1.Cc1cc(CCCNc2ccnc3cc(Cl)ccc23)nc(Nc2c(C)nn(CC(C)(C)O)c2C)n1.Cc1cc(CCCNc2ccnc3cc(Cl)ccc23)nc(Nc2c(C)nn(CC(C)(C)O)c2C)n1. The average Bonchev–Trinajstić information content (AvgIpc) is 1.73. The van der Waals surface area contributed by atoms with Gasteiger partial charge in [-0.15, -0.1) is 0 Å². The zero-order valence-electron chi connectivity index (χ0n) is 83.4. The predicted octanol–water partition coefficient (Wildman–Crippen LogP) is 21.4. The quantitative estimate of drug-likeness (QED) is 0.0162. The minimum atomic E-state index is -0.850. The molecule has 12 N–H and O–H groups in total. The van der Waals surface area contributed by atoms with Gasteiger partial charge in [0.25, 0.3) is 0 Å². The first-order chi connectivity index (χ1) is 66.3. The lowest BCUT2D eigenvalue weighted by Gasteiger charge is -2.18. The Morgan fingerprint density at radius 2 is 0.471 bits per heavy atom. The van der Waals surface area contributed by atoms with Gasteiger partial charge >= 0.3 is 0 Å². The molecule has 0 spiro atoms. The molecule has 0 aliphatic carbocycles. The smallest absolute Gasteiger partial charge is 0.227 e. The molecular formula is C104H128Cl4N28O4. The summed E-state index contributed by atoms with van der Waals surface area (Å²) in [6.07, 6.45) is 14.1. The van der Waals surface area contributed by atoms with E-state index in [1.807, 2.05) is 223 Å². The van der Waals surface area contributed by atoms with E-state index in [-0.39, 0.29) is 0 Å². The lowest BCUT2D eigenvalue weighted by molar-refractivity contribution is 0.0564. The van der Waals surface area contributed by atoms with E-state index in [0.717, 1.165) is 258 Å². The normalized spacial score (nSPS) is 11.7. The third kappa shape index (κ3) is 29.6. The molecule has 0 bridgehead atoms. The highest BCUT2D eigenvalue weighted by Gasteiger charge is 2.26. The molecule has 736 valence electrons. The zero-order valence-corrected chi connectivity index (χ0v) is 86.4. The van der Waals surface area contributed by atoms with Crippen molar-refractivity contribution < 1.29 is 20.4 Å². The number of nitrogens with zero attached hydrogens (tertiary/aromatic N) is 20. The number of aliphatic hydroxyl groups is 4. The summed E-state index contributed by atoms with van der Waals surface area (Å²) >= 11 is 24.4. The summed E-state index contributed by atoms with van der Waals surface area (Å²) in [5, 5.41) is 93.4. The van der Waals surface area contributed by atoms with Crippen LogP contribution in [0, 0.1) is 83.1 Å². The summed E-state index contributed by atoms with van der Waals surface area (Å²) in [6, 6.07) is 39.0. The maximum atomic E-state index is 10.2. The molecule has 0 saturated carbocycles. The molecule has 4 aromatic carbocycles. The number of hydrogen-bond acceptors (Lipinski definition) is 28. The van der Waals surface area contributed by atoms with Crippen LogP contribution in [0.1, 0.15) is 172 Å². The van der Waals surface area contributed by atoms with Gasteiger partial charge in [0.1, 0.15) is 0 Å². The van der Waals surface area contributed by atoms with Gasteiger partial charge in [-0.3, -0.25) is 38.7 Å². The Morgan fingerprint density at radius 3 is 0.664 bits per heavy atom. The first-order valence-electron chi connectivity index (χ1n) is 47.0. The molecule has 0 unspecified atom stereocenters. The van der Waals surface area contributed by atoms with Crippen molar-refractivity contribution in [1.82, 2.24) is 98.9 Å².